The lowest BCUT2D eigenvalue weighted by Gasteiger charge is -2.33. The summed E-state index contributed by atoms with van der Waals surface area (Å²) in [6, 6.07) is 0. The average Bonchev–Trinajstić information content (AvgIpc) is 2.68. The molecule has 0 radical (unpaired) electrons. The Hall–Kier alpha value is -1.10. The fourth-order valence-corrected chi connectivity index (χ4v) is 4.25. The van der Waals surface area contributed by atoms with Gasteiger partial charge in [0.1, 0.15) is 0 Å². The number of ether oxygens (including phenoxy) is 1. The van der Waals surface area contributed by atoms with Gasteiger partial charge in [-0.1, -0.05) is 25.7 Å². The lowest BCUT2D eigenvalue weighted by atomic mass is 9.74. The van der Waals surface area contributed by atoms with Crippen LogP contribution < -0.4 is 0 Å². The number of carbonyl (C=O) groups excluding carboxylic acids is 1. The number of fused-ring (bicyclic) bond motifs is 1. The molecule has 2 atom stereocenters. The molecular weight excluding hydrogens is 270 g/mol. The Bertz CT molecular complexity index is 417. The second kappa shape index (κ2) is 5.95. The molecule has 5 heteroatoms. The van der Waals surface area contributed by atoms with Crippen LogP contribution in [-0.2, 0) is 14.3 Å². The monoisotopic (exact) mass is 295 g/mol. The van der Waals surface area contributed by atoms with Crippen molar-refractivity contribution in [2.75, 3.05) is 26.3 Å². The maximum Gasteiger partial charge on any atom is 0.311 e. The quantitative estimate of drug-likeness (QED) is 0.790. The van der Waals surface area contributed by atoms with E-state index in [1.165, 1.54) is 12.8 Å². The van der Waals surface area contributed by atoms with Gasteiger partial charge < -0.3 is 14.7 Å². The molecule has 5 nitrogen and oxygen atoms in total. The SMILES string of the molecule is O=C(C1CCCCCC1)N1C[C@H]2COCC[C@@]2(C(=O)O)C1. The molecule has 0 aromatic carbocycles. The molecule has 1 amide bonds. The van der Waals surface area contributed by atoms with Gasteiger partial charge >= 0.3 is 5.97 Å². The maximum atomic E-state index is 12.8. The summed E-state index contributed by atoms with van der Waals surface area (Å²) in [6.45, 7) is 1.91. The molecule has 118 valence electrons. The van der Waals surface area contributed by atoms with Crippen molar-refractivity contribution in [3.8, 4) is 0 Å². The van der Waals surface area contributed by atoms with Crippen molar-refractivity contribution in [1.82, 2.24) is 4.90 Å². The molecule has 3 aliphatic rings. The van der Waals surface area contributed by atoms with Crippen molar-refractivity contribution >= 4 is 11.9 Å². The topological polar surface area (TPSA) is 66.8 Å². The van der Waals surface area contributed by atoms with E-state index in [-0.39, 0.29) is 17.7 Å². The highest BCUT2D eigenvalue weighted by Gasteiger charge is 2.55. The molecule has 21 heavy (non-hydrogen) atoms. The van der Waals surface area contributed by atoms with Crippen LogP contribution in [0.4, 0.5) is 0 Å². The molecule has 0 aromatic rings. The molecule has 2 aliphatic heterocycles. The highest BCUT2D eigenvalue weighted by atomic mass is 16.5. The average molecular weight is 295 g/mol. The van der Waals surface area contributed by atoms with Crippen LogP contribution in [0.1, 0.15) is 44.9 Å². The minimum atomic E-state index is -0.765. The number of carboxylic acid groups (broad SMARTS) is 1. The van der Waals surface area contributed by atoms with E-state index in [4.69, 9.17) is 4.74 Å². The first kappa shape index (κ1) is 14.8. The minimum Gasteiger partial charge on any atom is -0.481 e. The van der Waals surface area contributed by atoms with E-state index in [0.29, 0.717) is 32.7 Å². The van der Waals surface area contributed by atoms with Crippen LogP contribution in [-0.4, -0.2) is 48.2 Å². The van der Waals surface area contributed by atoms with Gasteiger partial charge in [-0.25, -0.2) is 0 Å². The first-order valence-corrected chi connectivity index (χ1v) is 8.23. The van der Waals surface area contributed by atoms with Crippen LogP contribution >= 0.6 is 0 Å². The third kappa shape index (κ3) is 2.68. The molecular formula is C16H25NO4. The Kier molecular flexibility index (Phi) is 4.20. The summed E-state index contributed by atoms with van der Waals surface area (Å²) in [5.41, 5.74) is -0.765. The Morgan fingerprint density at radius 1 is 1.14 bits per heavy atom. The maximum absolute atomic E-state index is 12.8. The van der Waals surface area contributed by atoms with Crippen molar-refractivity contribution in [2.45, 2.75) is 44.9 Å². The summed E-state index contributed by atoms with van der Waals surface area (Å²) in [5.74, 6) is -0.503. The Balaban J connectivity index is 1.72. The fourth-order valence-electron chi connectivity index (χ4n) is 4.25. The van der Waals surface area contributed by atoms with E-state index in [9.17, 15) is 14.7 Å². The largest absolute Gasteiger partial charge is 0.481 e. The molecule has 2 heterocycles. The minimum absolute atomic E-state index is 0.0431. The zero-order chi connectivity index (χ0) is 14.9. The number of aliphatic carboxylic acids is 1. The number of carbonyl (C=O) groups is 2. The molecule has 1 saturated carbocycles. The molecule has 3 fully saturated rings. The van der Waals surface area contributed by atoms with E-state index in [0.717, 1.165) is 25.7 Å². The summed E-state index contributed by atoms with van der Waals surface area (Å²) >= 11 is 0. The van der Waals surface area contributed by atoms with Gasteiger partial charge in [-0.2, -0.15) is 0 Å². The lowest BCUT2D eigenvalue weighted by molar-refractivity contribution is -0.157. The molecule has 0 bridgehead atoms. The van der Waals surface area contributed by atoms with Crippen LogP contribution in [0.5, 0.6) is 0 Å². The van der Waals surface area contributed by atoms with E-state index >= 15 is 0 Å². The number of amides is 1. The number of hydrogen-bond acceptors (Lipinski definition) is 3. The smallest absolute Gasteiger partial charge is 0.311 e. The van der Waals surface area contributed by atoms with E-state index in [1.807, 2.05) is 4.90 Å². The van der Waals surface area contributed by atoms with E-state index in [2.05, 4.69) is 0 Å². The van der Waals surface area contributed by atoms with Crippen LogP contribution in [0.3, 0.4) is 0 Å². The zero-order valence-electron chi connectivity index (χ0n) is 12.6. The number of rotatable bonds is 2. The summed E-state index contributed by atoms with van der Waals surface area (Å²) in [4.78, 5) is 26.3. The first-order valence-electron chi connectivity index (χ1n) is 8.23. The van der Waals surface area contributed by atoms with Gasteiger partial charge in [-0.15, -0.1) is 0 Å². The van der Waals surface area contributed by atoms with Crippen LogP contribution in [0.15, 0.2) is 0 Å². The van der Waals surface area contributed by atoms with Gasteiger partial charge in [0.25, 0.3) is 0 Å². The molecule has 0 unspecified atom stereocenters. The van der Waals surface area contributed by atoms with Gasteiger partial charge in [-0.05, 0) is 19.3 Å². The van der Waals surface area contributed by atoms with Crippen LogP contribution in [0.25, 0.3) is 0 Å². The van der Waals surface area contributed by atoms with Gasteiger partial charge in [-0.3, -0.25) is 9.59 Å². The normalized spacial score (nSPS) is 34.3. The predicted octanol–water partition coefficient (Wildman–Crippen LogP) is 1.91. The van der Waals surface area contributed by atoms with E-state index in [1.54, 1.807) is 0 Å². The molecule has 1 aliphatic carbocycles. The van der Waals surface area contributed by atoms with Crippen molar-refractivity contribution < 1.29 is 19.4 Å². The third-order valence-corrected chi connectivity index (χ3v) is 5.65. The van der Waals surface area contributed by atoms with Crippen molar-refractivity contribution in [1.29, 1.82) is 0 Å². The van der Waals surface area contributed by atoms with E-state index < -0.39 is 11.4 Å². The Morgan fingerprint density at radius 3 is 2.48 bits per heavy atom. The number of nitrogens with zero attached hydrogens (tertiary/aromatic N) is 1. The third-order valence-electron chi connectivity index (χ3n) is 5.65. The Morgan fingerprint density at radius 2 is 1.86 bits per heavy atom. The second-order valence-corrected chi connectivity index (χ2v) is 6.89. The molecule has 0 spiro atoms. The molecule has 3 rings (SSSR count). The Labute approximate surface area is 125 Å². The predicted molar refractivity (Wildman–Crippen MR) is 76.8 cm³/mol. The first-order chi connectivity index (χ1) is 10.1. The highest BCUT2D eigenvalue weighted by Crippen LogP contribution is 2.43. The number of hydrogen-bond donors (Lipinski definition) is 1. The fraction of sp³-hybridized carbons (Fsp3) is 0.875. The number of carboxylic acids is 1. The standard InChI is InChI=1S/C16H25NO4/c18-14(12-5-3-1-2-4-6-12)17-9-13-10-21-8-7-16(13,11-17)15(19)20/h12-13H,1-11H2,(H,19,20)/t13-,16+/m0/s1. The van der Waals surface area contributed by atoms with Crippen LogP contribution in [0, 0.1) is 17.3 Å². The van der Waals surface area contributed by atoms with Gasteiger partial charge in [0.05, 0.1) is 12.0 Å². The summed E-state index contributed by atoms with van der Waals surface area (Å²) in [7, 11) is 0. The number of likely N-dealkylation sites (tertiary alicyclic amines) is 1. The summed E-state index contributed by atoms with van der Waals surface area (Å²) in [6.07, 6.45) is 7.16. The van der Waals surface area contributed by atoms with Gasteiger partial charge in [0.15, 0.2) is 0 Å². The van der Waals surface area contributed by atoms with Gasteiger partial charge in [0.2, 0.25) is 5.91 Å². The summed E-state index contributed by atoms with van der Waals surface area (Å²) < 4.78 is 5.45. The van der Waals surface area contributed by atoms with Crippen molar-refractivity contribution in [2.24, 2.45) is 17.3 Å². The lowest BCUT2D eigenvalue weighted by Crippen LogP contribution is -2.45. The molecule has 0 aromatic heterocycles. The highest BCUT2D eigenvalue weighted by molar-refractivity contribution is 5.82. The summed E-state index contributed by atoms with van der Waals surface area (Å²) in [5, 5.41) is 9.66. The van der Waals surface area contributed by atoms with Gasteiger partial charge in [0, 0.05) is 31.5 Å². The van der Waals surface area contributed by atoms with Crippen molar-refractivity contribution in [3.63, 3.8) is 0 Å². The zero-order valence-corrected chi connectivity index (χ0v) is 12.6. The molecule has 1 N–H and O–H groups in total. The second-order valence-electron chi connectivity index (χ2n) is 6.89. The van der Waals surface area contributed by atoms with Crippen LogP contribution in [0.2, 0.25) is 0 Å². The molecule has 2 saturated heterocycles. The van der Waals surface area contributed by atoms with Crippen molar-refractivity contribution in [3.05, 3.63) is 0 Å².